The summed E-state index contributed by atoms with van der Waals surface area (Å²) in [6.07, 6.45) is 0. The molecule has 0 aromatic heterocycles. The number of thiocarbonyl (C=S) groups is 1. The molecule has 0 fully saturated rings. The van der Waals surface area contributed by atoms with Crippen molar-refractivity contribution in [3.63, 3.8) is 0 Å². The Kier molecular flexibility index (Phi) is 6.91. The highest BCUT2D eigenvalue weighted by atomic mass is 79.9. The summed E-state index contributed by atoms with van der Waals surface area (Å²) in [6, 6.07) is 14.1. The summed E-state index contributed by atoms with van der Waals surface area (Å²) >= 11 is 8.32. The van der Waals surface area contributed by atoms with Crippen molar-refractivity contribution < 1.29 is 14.3 Å². The summed E-state index contributed by atoms with van der Waals surface area (Å²) in [4.78, 5) is 23.7. The Balaban J connectivity index is 1.74. The van der Waals surface area contributed by atoms with Gasteiger partial charge in [-0.25, -0.2) is 0 Å². The molecule has 2 amide bonds. The van der Waals surface area contributed by atoms with Crippen molar-refractivity contribution in [2.75, 3.05) is 6.61 Å². The summed E-state index contributed by atoms with van der Waals surface area (Å²) in [5.41, 5.74) is 6.41. The highest BCUT2D eigenvalue weighted by Gasteiger charge is 2.09. The molecule has 0 heterocycles. The first-order chi connectivity index (χ1) is 12.0. The second-order valence-electron chi connectivity index (χ2n) is 5.05. The first kappa shape index (κ1) is 18.9. The van der Waals surface area contributed by atoms with Gasteiger partial charge in [0, 0.05) is 5.56 Å². The van der Waals surface area contributed by atoms with E-state index in [0.29, 0.717) is 11.3 Å². The summed E-state index contributed by atoms with van der Waals surface area (Å²) < 4.78 is 6.18. The molecule has 8 heteroatoms. The number of halogens is 1. The van der Waals surface area contributed by atoms with Crippen molar-refractivity contribution in [1.82, 2.24) is 16.2 Å². The fraction of sp³-hybridized carbons (Fsp3) is 0.118. The van der Waals surface area contributed by atoms with Crippen LogP contribution in [0.25, 0.3) is 0 Å². The molecule has 0 radical (unpaired) electrons. The van der Waals surface area contributed by atoms with E-state index in [1.54, 1.807) is 30.3 Å². The predicted octanol–water partition coefficient (Wildman–Crippen LogP) is 2.47. The molecule has 0 aliphatic rings. The van der Waals surface area contributed by atoms with Gasteiger partial charge in [-0.05, 0) is 64.9 Å². The molecule has 2 aromatic rings. The van der Waals surface area contributed by atoms with Crippen molar-refractivity contribution in [2.24, 2.45) is 0 Å². The lowest BCUT2D eigenvalue weighted by atomic mass is 10.2. The third kappa shape index (κ3) is 6.17. The third-order valence-corrected chi connectivity index (χ3v) is 3.85. The number of rotatable bonds is 4. The number of carbonyl (C=O) groups excluding carboxylic acids is 2. The molecule has 3 N–H and O–H groups in total. The average Bonchev–Trinajstić information content (AvgIpc) is 2.59. The molecule has 25 heavy (non-hydrogen) atoms. The van der Waals surface area contributed by atoms with Gasteiger partial charge in [-0.1, -0.05) is 24.3 Å². The zero-order valence-electron chi connectivity index (χ0n) is 13.3. The van der Waals surface area contributed by atoms with Gasteiger partial charge in [-0.2, -0.15) is 0 Å². The summed E-state index contributed by atoms with van der Waals surface area (Å²) in [5.74, 6) is -0.257. The second kappa shape index (κ2) is 9.14. The van der Waals surface area contributed by atoms with Crippen molar-refractivity contribution in [3.05, 3.63) is 64.1 Å². The minimum absolute atomic E-state index is 0.0270. The lowest BCUT2D eigenvalue weighted by Gasteiger charge is -2.12. The fourth-order valence-electron chi connectivity index (χ4n) is 1.84. The highest BCUT2D eigenvalue weighted by molar-refractivity contribution is 9.10. The molecular formula is C17H16BrN3O3S. The van der Waals surface area contributed by atoms with Crippen molar-refractivity contribution in [3.8, 4) is 5.75 Å². The monoisotopic (exact) mass is 421 g/mol. The first-order valence-corrected chi connectivity index (χ1v) is 8.50. The van der Waals surface area contributed by atoms with Crippen LogP contribution >= 0.6 is 28.1 Å². The van der Waals surface area contributed by atoms with Crippen LogP contribution in [0.4, 0.5) is 0 Å². The Bertz CT molecular complexity index is 784. The van der Waals surface area contributed by atoms with E-state index in [1.807, 2.05) is 25.1 Å². The van der Waals surface area contributed by atoms with E-state index in [-0.39, 0.29) is 17.6 Å². The van der Waals surface area contributed by atoms with Crippen molar-refractivity contribution in [2.45, 2.75) is 6.92 Å². The zero-order chi connectivity index (χ0) is 18.2. The van der Waals surface area contributed by atoms with E-state index in [9.17, 15) is 9.59 Å². The van der Waals surface area contributed by atoms with Gasteiger partial charge >= 0.3 is 0 Å². The molecule has 0 aliphatic heterocycles. The molecule has 0 unspecified atom stereocenters. The Morgan fingerprint density at radius 3 is 2.52 bits per heavy atom. The molecular weight excluding hydrogens is 406 g/mol. The van der Waals surface area contributed by atoms with Crippen LogP contribution in [0, 0.1) is 6.92 Å². The quantitative estimate of drug-likeness (QED) is 0.521. The predicted molar refractivity (Wildman–Crippen MR) is 102 cm³/mol. The number of hydrogen-bond donors (Lipinski definition) is 3. The standard InChI is InChI=1S/C17H16BrN3O3S/c1-11-7-8-14(13(18)9-11)24-10-15(22)19-17(25)21-20-16(23)12-5-3-2-4-6-12/h2-9H,10H2,1H3,(H,20,23)(H2,19,21,22,25). The molecule has 130 valence electrons. The van der Waals surface area contributed by atoms with Gasteiger partial charge in [0.15, 0.2) is 11.7 Å². The number of hydrogen-bond acceptors (Lipinski definition) is 4. The van der Waals surface area contributed by atoms with E-state index in [0.717, 1.165) is 10.0 Å². The summed E-state index contributed by atoms with van der Waals surface area (Å²) in [6.45, 7) is 1.74. The van der Waals surface area contributed by atoms with E-state index < -0.39 is 5.91 Å². The summed E-state index contributed by atoms with van der Waals surface area (Å²) in [7, 11) is 0. The van der Waals surface area contributed by atoms with Gasteiger partial charge in [0.2, 0.25) is 0 Å². The molecule has 0 aliphatic carbocycles. The molecule has 0 atom stereocenters. The molecule has 6 nitrogen and oxygen atoms in total. The van der Waals surface area contributed by atoms with Crippen LogP contribution in [-0.2, 0) is 4.79 Å². The van der Waals surface area contributed by atoms with E-state index in [4.69, 9.17) is 17.0 Å². The lowest BCUT2D eigenvalue weighted by molar-refractivity contribution is -0.121. The average molecular weight is 422 g/mol. The van der Waals surface area contributed by atoms with Gasteiger partial charge in [-0.15, -0.1) is 0 Å². The van der Waals surface area contributed by atoms with Crippen LogP contribution in [-0.4, -0.2) is 23.5 Å². The number of carbonyl (C=O) groups is 2. The normalized spacial score (nSPS) is 9.84. The Labute approximate surface area is 159 Å². The number of benzene rings is 2. The van der Waals surface area contributed by atoms with E-state index >= 15 is 0 Å². The number of aryl methyl sites for hydroxylation is 1. The van der Waals surface area contributed by atoms with Gasteiger partial charge in [-0.3, -0.25) is 25.8 Å². The van der Waals surface area contributed by atoms with Gasteiger partial charge in [0.05, 0.1) is 4.47 Å². The van der Waals surface area contributed by atoms with Crippen LogP contribution in [0.5, 0.6) is 5.75 Å². The lowest BCUT2D eigenvalue weighted by Crippen LogP contribution is -2.49. The number of hydrazine groups is 1. The second-order valence-corrected chi connectivity index (χ2v) is 6.31. The Morgan fingerprint density at radius 2 is 1.84 bits per heavy atom. The van der Waals surface area contributed by atoms with Crippen molar-refractivity contribution >= 4 is 45.1 Å². The maximum atomic E-state index is 11.8. The van der Waals surface area contributed by atoms with E-state index in [2.05, 4.69) is 32.1 Å². The number of amides is 2. The smallest absolute Gasteiger partial charge is 0.269 e. The summed E-state index contributed by atoms with van der Waals surface area (Å²) in [5, 5.41) is 2.39. The minimum atomic E-state index is -0.445. The van der Waals surface area contributed by atoms with Crippen LogP contribution in [0.15, 0.2) is 53.0 Å². The van der Waals surface area contributed by atoms with Crippen LogP contribution in [0.1, 0.15) is 15.9 Å². The van der Waals surface area contributed by atoms with Crippen LogP contribution in [0.2, 0.25) is 0 Å². The molecule has 0 spiro atoms. The van der Waals surface area contributed by atoms with Gasteiger partial charge < -0.3 is 4.74 Å². The van der Waals surface area contributed by atoms with E-state index in [1.165, 1.54) is 0 Å². The first-order valence-electron chi connectivity index (χ1n) is 7.30. The Hall–Kier alpha value is -2.45. The maximum absolute atomic E-state index is 11.8. The molecule has 2 aromatic carbocycles. The molecule has 0 bridgehead atoms. The molecule has 0 saturated heterocycles. The van der Waals surface area contributed by atoms with Crippen LogP contribution < -0.4 is 20.9 Å². The molecule has 2 rings (SSSR count). The van der Waals surface area contributed by atoms with Crippen molar-refractivity contribution in [1.29, 1.82) is 0 Å². The minimum Gasteiger partial charge on any atom is -0.483 e. The molecule has 0 saturated carbocycles. The number of nitrogens with one attached hydrogen (secondary N) is 3. The fourth-order valence-corrected chi connectivity index (χ4v) is 2.61. The van der Waals surface area contributed by atoms with Crippen LogP contribution in [0.3, 0.4) is 0 Å². The maximum Gasteiger partial charge on any atom is 0.269 e. The number of ether oxygens (including phenoxy) is 1. The Morgan fingerprint density at radius 1 is 1.12 bits per heavy atom. The third-order valence-electron chi connectivity index (χ3n) is 3.02. The highest BCUT2D eigenvalue weighted by Crippen LogP contribution is 2.25. The SMILES string of the molecule is Cc1ccc(OCC(=O)NC(=S)NNC(=O)c2ccccc2)c(Br)c1. The zero-order valence-corrected chi connectivity index (χ0v) is 15.7. The van der Waals surface area contributed by atoms with Gasteiger partial charge in [0.1, 0.15) is 5.75 Å². The van der Waals surface area contributed by atoms with Gasteiger partial charge in [0.25, 0.3) is 11.8 Å². The topological polar surface area (TPSA) is 79.5 Å². The largest absolute Gasteiger partial charge is 0.483 e.